The van der Waals surface area contributed by atoms with Crippen LogP contribution in [0, 0.1) is 5.92 Å². The van der Waals surface area contributed by atoms with Crippen LogP contribution in [0.2, 0.25) is 0 Å². The number of fused-ring (bicyclic) bond motifs is 1. The predicted molar refractivity (Wildman–Crippen MR) is 65.9 cm³/mol. The third-order valence-electron chi connectivity index (χ3n) is 3.99. The van der Waals surface area contributed by atoms with Crippen LogP contribution in [0.25, 0.3) is 0 Å². The van der Waals surface area contributed by atoms with E-state index in [1.54, 1.807) is 24.3 Å². The van der Waals surface area contributed by atoms with Gasteiger partial charge in [-0.25, -0.2) is 0 Å². The van der Waals surface area contributed by atoms with Gasteiger partial charge in [-0.15, -0.1) is 0 Å². The number of hydrogen-bond donors (Lipinski definition) is 2. The van der Waals surface area contributed by atoms with Gasteiger partial charge in [0.05, 0.1) is 5.92 Å². The number of rotatable bonds is 1. The topological polar surface area (TPSA) is 66.4 Å². The number of hydrogen-bond acceptors (Lipinski definition) is 3. The van der Waals surface area contributed by atoms with E-state index in [0.29, 0.717) is 24.1 Å². The molecule has 1 aromatic carbocycles. The molecule has 94 valence electrons. The average molecular weight is 245 g/mol. The highest BCUT2D eigenvalue weighted by Crippen LogP contribution is 2.44. The van der Waals surface area contributed by atoms with Crippen LogP contribution in [-0.4, -0.2) is 16.8 Å². The molecule has 1 fully saturated rings. The van der Waals surface area contributed by atoms with E-state index < -0.39 is 17.4 Å². The molecule has 1 heterocycles. The van der Waals surface area contributed by atoms with E-state index in [1.165, 1.54) is 0 Å². The fourth-order valence-electron chi connectivity index (χ4n) is 3.04. The summed E-state index contributed by atoms with van der Waals surface area (Å²) in [5.41, 5.74) is -0.521. The van der Waals surface area contributed by atoms with Crippen molar-refractivity contribution < 1.29 is 14.7 Å². The SMILES string of the molecule is O=C1CCCC[C@@H]1C1(O)C(=O)Nc2ccccc21. The molecule has 0 aromatic heterocycles. The predicted octanol–water partition coefficient (Wildman–Crippen LogP) is 1.59. The maximum Gasteiger partial charge on any atom is 0.261 e. The Labute approximate surface area is 105 Å². The molecule has 0 bridgehead atoms. The van der Waals surface area contributed by atoms with Gasteiger partial charge in [0.25, 0.3) is 5.91 Å². The Kier molecular flexibility index (Phi) is 2.48. The Morgan fingerprint density at radius 1 is 1.22 bits per heavy atom. The molecule has 0 spiro atoms. The Morgan fingerprint density at radius 2 is 2.00 bits per heavy atom. The molecule has 4 nitrogen and oxygen atoms in total. The van der Waals surface area contributed by atoms with Gasteiger partial charge >= 0.3 is 0 Å². The van der Waals surface area contributed by atoms with Gasteiger partial charge in [0, 0.05) is 17.7 Å². The van der Waals surface area contributed by atoms with Crippen LogP contribution >= 0.6 is 0 Å². The first-order chi connectivity index (χ1) is 8.64. The summed E-state index contributed by atoms with van der Waals surface area (Å²) in [7, 11) is 0. The monoisotopic (exact) mass is 245 g/mol. The van der Waals surface area contributed by atoms with Gasteiger partial charge in [-0.1, -0.05) is 24.6 Å². The lowest BCUT2D eigenvalue weighted by atomic mass is 9.73. The summed E-state index contributed by atoms with van der Waals surface area (Å²) >= 11 is 0. The summed E-state index contributed by atoms with van der Waals surface area (Å²) < 4.78 is 0. The van der Waals surface area contributed by atoms with Gasteiger partial charge < -0.3 is 10.4 Å². The molecule has 1 amide bonds. The lowest BCUT2D eigenvalue weighted by Gasteiger charge is -2.32. The molecular weight excluding hydrogens is 230 g/mol. The van der Waals surface area contributed by atoms with Gasteiger partial charge in [0.15, 0.2) is 5.60 Å². The normalized spacial score (nSPS) is 31.1. The van der Waals surface area contributed by atoms with Gasteiger partial charge in [0.1, 0.15) is 5.78 Å². The Hall–Kier alpha value is -1.68. The molecule has 1 unspecified atom stereocenters. The van der Waals surface area contributed by atoms with E-state index in [0.717, 1.165) is 12.8 Å². The Morgan fingerprint density at radius 3 is 2.78 bits per heavy atom. The van der Waals surface area contributed by atoms with Gasteiger partial charge in [-0.2, -0.15) is 0 Å². The zero-order valence-corrected chi connectivity index (χ0v) is 9.98. The number of anilines is 1. The summed E-state index contributed by atoms with van der Waals surface area (Å²) in [5, 5.41) is 13.4. The van der Waals surface area contributed by atoms with Crippen LogP contribution in [0.15, 0.2) is 24.3 Å². The van der Waals surface area contributed by atoms with Crippen LogP contribution in [0.5, 0.6) is 0 Å². The van der Waals surface area contributed by atoms with Crippen molar-refractivity contribution in [2.75, 3.05) is 5.32 Å². The number of para-hydroxylation sites is 1. The lowest BCUT2D eigenvalue weighted by molar-refractivity contribution is -0.150. The van der Waals surface area contributed by atoms with Crippen LogP contribution in [0.3, 0.4) is 0 Å². The summed E-state index contributed by atoms with van der Waals surface area (Å²) in [6.07, 6.45) is 2.78. The van der Waals surface area contributed by atoms with Crippen molar-refractivity contribution in [3.63, 3.8) is 0 Å². The van der Waals surface area contributed by atoms with E-state index >= 15 is 0 Å². The molecule has 18 heavy (non-hydrogen) atoms. The van der Waals surface area contributed by atoms with Crippen molar-refractivity contribution >= 4 is 17.4 Å². The smallest absolute Gasteiger partial charge is 0.261 e. The summed E-state index contributed by atoms with van der Waals surface area (Å²) in [6, 6.07) is 7.04. The highest BCUT2D eigenvalue weighted by Gasteiger charge is 2.53. The fraction of sp³-hybridized carbons (Fsp3) is 0.429. The molecule has 1 aliphatic carbocycles. The van der Waals surface area contributed by atoms with Crippen molar-refractivity contribution in [3.05, 3.63) is 29.8 Å². The molecule has 0 saturated heterocycles. The number of nitrogens with one attached hydrogen (secondary N) is 1. The second-order valence-electron chi connectivity index (χ2n) is 5.03. The lowest BCUT2D eigenvalue weighted by Crippen LogP contribution is -2.46. The van der Waals surface area contributed by atoms with Crippen LogP contribution in [0.4, 0.5) is 5.69 Å². The van der Waals surface area contributed by atoms with E-state index in [1.807, 2.05) is 0 Å². The number of benzene rings is 1. The molecular formula is C14H15NO3. The molecule has 1 aromatic rings. The molecule has 4 heteroatoms. The van der Waals surface area contributed by atoms with Crippen molar-refractivity contribution in [3.8, 4) is 0 Å². The minimum absolute atomic E-state index is 0.00407. The number of ketones is 1. The van der Waals surface area contributed by atoms with E-state index in [2.05, 4.69) is 5.32 Å². The average Bonchev–Trinajstić information content (AvgIpc) is 2.63. The fourth-order valence-corrected chi connectivity index (χ4v) is 3.04. The van der Waals surface area contributed by atoms with Crippen LogP contribution < -0.4 is 5.32 Å². The van der Waals surface area contributed by atoms with Crippen LogP contribution in [-0.2, 0) is 15.2 Å². The molecule has 3 rings (SSSR count). The Bertz CT molecular complexity index is 526. The van der Waals surface area contributed by atoms with Gasteiger partial charge in [-0.05, 0) is 18.9 Å². The number of carbonyl (C=O) groups is 2. The minimum Gasteiger partial charge on any atom is -0.375 e. The zero-order valence-electron chi connectivity index (χ0n) is 9.98. The van der Waals surface area contributed by atoms with E-state index in [-0.39, 0.29) is 5.78 Å². The zero-order chi connectivity index (χ0) is 12.8. The summed E-state index contributed by atoms with van der Waals surface area (Å²) in [6.45, 7) is 0. The molecule has 2 N–H and O–H groups in total. The maximum absolute atomic E-state index is 12.1. The summed E-state index contributed by atoms with van der Waals surface area (Å²) in [5.74, 6) is -1.07. The third kappa shape index (κ3) is 1.42. The molecule has 1 saturated carbocycles. The maximum atomic E-state index is 12.1. The second-order valence-corrected chi connectivity index (χ2v) is 5.03. The number of aliphatic hydroxyl groups is 1. The third-order valence-corrected chi connectivity index (χ3v) is 3.99. The molecule has 0 radical (unpaired) electrons. The first-order valence-electron chi connectivity index (χ1n) is 6.30. The number of Topliss-reactive ketones (excluding diaryl/α,β-unsaturated/α-hetero) is 1. The van der Waals surface area contributed by atoms with Crippen molar-refractivity contribution in [1.29, 1.82) is 0 Å². The number of carbonyl (C=O) groups excluding carboxylic acids is 2. The van der Waals surface area contributed by atoms with Crippen molar-refractivity contribution in [1.82, 2.24) is 0 Å². The second kappa shape index (κ2) is 3.92. The largest absolute Gasteiger partial charge is 0.375 e. The van der Waals surface area contributed by atoms with Crippen LogP contribution in [0.1, 0.15) is 31.2 Å². The van der Waals surface area contributed by atoms with Crippen molar-refractivity contribution in [2.24, 2.45) is 5.92 Å². The quantitative estimate of drug-likeness (QED) is 0.789. The number of amides is 1. The van der Waals surface area contributed by atoms with Gasteiger partial charge in [-0.3, -0.25) is 9.59 Å². The molecule has 1 aliphatic heterocycles. The highest BCUT2D eigenvalue weighted by molar-refractivity contribution is 6.07. The van der Waals surface area contributed by atoms with Gasteiger partial charge in [0.2, 0.25) is 0 Å². The molecule has 2 aliphatic rings. The Balaban J connectivity index is 2.08. The minimum atomic E-state index is -1.67. The van der Waals surface area contributed by atoms with E-state index in [9.17, 15) is 14.7 Å². The first kappa shape index (κ1) is 11.4. The van der Waals surface area contributed by atoms with Crippen molar-refractivity contribution in [2.45, 2.75) is 31.3 Å². The first-order valence-corrected chi connectivity index (χ1v) is 6.30. The van der Waals surface area contributed by atoms with E-state index in [4.69, 9.17) is 0 Å². The summed E-state index contributed by atoms with van der Waals surface area (Å²) in [4.78, 5) is 24.1. The molecule has 2 atom stereocenters. The standard InChI is InChI=1S/C14H15NO3/c16-12-8-4-2-6-10(12)14(18)9-5-1-3-7-11(9)15-13(14)17/h1,3,5,7,10,18H,2,4,6,8H2,(H,15,17)/t10-,14?/m0/s1. The highest BCUT2D eigenvalue weighted by atomic mass is 16.3.